The zero-order valence-corrected chi connectivity index (χ0v) is 22.0. The molecule has 9 atom stereocenters. The average molecular weight is 563 g/mol. The van der Waals surface area contributed by atoms with Crippen LogP contribution in [0.4, 0.5) is 0 Å². The van der Waals surface area contributed by atoms with Crippen LogP contribution < -0.4 is 22.5 Å². The molecule has 0 saturated carbocycles. The quantitative estimate of drug-likeness (QED) is 0.218. The van der Waals surface area contributed by atoms with E-state index < -0.39 is 64.5 Å². The van der Waals surface area contributed by atoms with E-state index in [2.05, 4.69) is 4.98 Å². The van der Waals surface area contributed by atoms with Gasteiger partial charge in [0.1, 0.15) is 36.6 Å². The Kier molecular flexibility index (Phi) is 8.66. The van der Waals surface area contributed by atoms with Gasteiger partial charge in [-0.15, -0.1) is 0 Å². The number of hydrogen-bond acceptors (Lipinski definition) is 12. The van der Waals surface area contributed by atoms with Crippen molar-refractivity contribution in [2.75, 3.05) is 0 Å². The molecule has 2 aliphatic rings. The van der Waals surface area contributed by atoms with Gasteiger partial charge in [0, 0.05) is 30.4 Å². The van der Waals surface area contributed by atoms with Crippen LogP contribution in [0.2, 0.25) is 0 Å². The predicted octanol–water partition coefficient (Wildman–Crippen LogP) is -3.02. The van der Waals surface area contributed by atoms with Crippen LogP contribution in [0.25, 0.3) is 0 Å². The molecule has 2 fully saturated rings. The number of ether oxygens (including phenoxy) is 2. The zero-order valence-electron chi connectivity index (χ0n) is 22.0. The van der Waals surface area contributed by atoms with Crippen molar-refractivity contribution < 1.29 is 29.9 Å². The maximum Gasteiger partial charge on any atom is 0.331 e. The van der Waals surface area contributed by atoms with Gasteiger partial charge >= 0.3 is 11.4 Å². The molecule has 216 valence electrons. The van der Waals surface area contributed by atoms with Crippen LogP contribution >= 0.6 is 0 Å². The van der Waals surface area contributed by atoms with Crippen molar-refractivity contribution in [2.45, 2.75) is 75.8 Å². The van der Waals surface area contributed by atoms with Crippen molar-refractivity contribution in [2.24, 2.45) is 11.8 Å². The summed E-state index contributed by atoms with van der Waals surface area (Å²) in [7, 11) is 0. The summed E-state index contributed by atoms with van der Waals surface area (Å²) < 4.78 is 12.6. The Morgan fingerprint density at radius 2 is 1.27 bits per heavy atom. The number of aromatic nitrogens is 4. The zero-order chi connectivity index (χ0) is 30.2. The lowest BCUT2D eigenvalue weighted by Crippen LogP contribution is -2.50. The fourth-order valence-corrected chi connectivity index (χ4v) is 4.85. The first-order valence-corrected chi connectivity index (χ1v) is 12.2. The summed E-state index contributed by atoms with van der Waals surface area (Å²) in [4.78, 5) is 49.7. The molecular weight excluding hydrogens is 532 g/mol. The first kappa shape index (κ1) is 30.6. The third-order valence-corrected chi connectivity index (χ3v) is 6.93. The Hall–Kier alpha value is -3.90. The minimum atomic E-state index is -2.22. The molecule has 0 aromatic carbocycles. The Morgan fingerprint density at radius 1 is 0.850 bits per heavy atom. The third kappa shape index (κ3) is 5.04. The second-order valence-corrected chi connectivity index (χ2v) is 9.97. The van der Waals surface area contributed by atoms with Crippen molar-refractivity contribution in [3.63, 3.8) is 0 Å². The van der Waals surface area contributed by atoms with Crippen molar-refractivity contribution in [1.82, 2.24) is 19.1 Å². The first-order chi connectivity index (χ1) is 18.7. The molecule has 0 bridgehead atoms. The van der Waals surface area contributed by atoms with Gasteiger partial charge in [-0.25, -0.2) is 9.59 Å². The highest BCUT2D eigenvalue weighted by Crippen LogP contribution is 2.40. The van der Waals surface area contributed by atoms with Gasteiger partial charge in [0.25, 0.3) is 22.6 Å². The number of aromatic amines is 2. The van der Waals surface area contributed by atoms with Gasteiger partial charge in [0.2, 0.25) is 0 Å². The number of hydrogen-bond donors (Lipinski definition) is 6. The van der Waals surface area contributed by atoms with E-state index in [0.717, 1.165) is 22.9 Å². The molecule has 2 saturated heterocycles. The molecule has 4 rings (SSSR count). The van der Waals surface area contributed by atoms with E-state index in [0.29, 0.717) is 4.57 Å². The summed E-state index contributed by atoms with van der Waals surface area (Å²) in [6.07, 6.45) is -5.12. The van der Waals surface area contributed by atoms with Crippen LogP contribution in [0.3, 0.4) is 0 Å². The van der Waals surface area contributed by atoms with Gasteiger partial charge in [-0.3, -0.25) is 28.7 Å². The molecule has 0 amide bonds. The lowest BCUT2D eigenvalue weighted by atomic mass is 9.90. The van der Waals surface area contributed by atoms with Crippen molar-refractivity contribution in [3.05, 3.63) is 66.2 Å². The van der Waals surface area contributed by atoms with Crippen LogP contribution in [0.5, 0.6) is 0 Å². The molecule has 16 nitrogen and oxygen atoms in total. The number of nitrogens with one attached hydrogen (secondary N) is 2. The highest BCUT2D eigenvalue weighted by molar-refractivity contribution is 5.13. The number of aliphatic hydroxyl groups is 4. The van der Waals surface area contributed by atoms with Gasteiger partial charge in [-0.1, -0.05) is 20.8 Å². The summed E-state index contributed by atoms with van der Waals surface area (Å²) in [5.41, 5.74) is -7.04. The smallest absolute Gasteiger partial charge is 0.331 e. The van der Waals surface area contributed by atoms with Crippen LogP contribution in [0.15, 0.2) is 43.7 Å². The number of nitriles is 2. The van der Waals surface area contributed by atoms with Gasteiger partial charge < -0.3 is 29.9 Å². The van der Waals surface area contributed by atoms with Gasteiger partial charge in [0.05, 0.1) is 12.2 Å². The summed E-state index contributed by atoms with van der Waals surface area (Å²) in [6.45, 7) is 6.91. The van der Waals surface area contributed by atoms with Crippen LogP contribution in [0, 0.1) is 34.5 Å². The normalized spacial score (nSPS) is 34.0. The molecule has 40 heavy (non-hydrogen) atoms. The third-order valence-electron chi connectivity index (χ3n) is 6.93. The Labute approximate surface area is 225 Å². The van der Waals surface area contributed by atoms with E-state index in [4.69, 9.17) is 9.47 Å². The van der Waals surface area contributed by atoms with Crippen molar-refractivity contribution in [3.8, 4) is 12.1 Å². The molecule has 0 aliphatic carbocycles. The largest absolute Gasteiger partial charge is 0.391 e. The Morgan fingerprint density at radius 3 is 1.60 bits per heavy atom. The van der Waals surface area contributed by atoms with E-state index >= 15 is 0 Å². The topological polar surface area (TPSA) is 257 Å². The molecule has 0 radical (unpaired) electrons. The molecule has 0 unspecified atom stereocenters. The van der Waals surface area contributed by atoms with Crippen molar-refractivity contribution in [1.29, 1.82) is 10.5 Å². The van der Waals surface area contributed by atoms with E-state index in [1.165, 1.54) is 13.1 Å². The summed E-state index contributed by atoms with van der Waals surface area (Å²) >= 11 is 0. The fourth-order valence-electron chi connectivity index (χ4n) is 4.85. The highest BCUT2D eigenvalue weighted by atomic mass is 16.6. The second-order valence-electron chi connectivity index (χ2n) is 9.97. The summed E-state index contributed by atoms with van der Waals surface area (Å²) in [5, 5.41) is 58.4. The fraction of sp³-hybridized carbons (Fsp3) is 0.583. The second kappa shape index (κ2) is 11.3. The predicted molar refractivity (Wildman–Crippen MR) is 133 cm³/mol. The van der Waals surface area contributed by atoms with Crippen LogP contribution in [-0.4, -0.2) is 76.2 Å². The number of rotatable bonds is 4. The molecule has 6 N–H and O–H groups in total. The van der Waals surface area contributed by atoms with Gasteiger partial charge in [0.15, 0.2) is 0 Å². The highest BCUT2D eigenvalue weighted by Gasteiger charge is 2.58. The monoisotopic (exact) mass is 562 g/mol. The van der Waals surface area contributed by atoms with E-state index in [9.17, 15) is 50.1 Å². The number of aliphatic hydroxyl groups excluding tert-OH is 4. The van der Waals surface area contributed by atoms with Gasteiger partial charge in [-0.05, 0) is 12.8 Å². The molecular formula is C24H30N6O10. The Balaban J connectivity index is 0.000000220. The maximum atomic E-state index is 11.9. The van der Waals surface area contributed by atoms with E-state index in [1.54, 1.807) is 13.0 Å². The number of H-pyrrole nitrogens is 2. The van der Waals surface area contributed by atoms with E-state index in [-0.39, 0.29) is 17.9 Å². The van der Waals surface area contributed by atoms with Crippen molar-refractivity contribution >= 4 is 0 Å². The van der Waals surface area contributed by atoms with Gasteiger partial charge in [-0.2, -0.15) is 10.5 Å². The summed E-state index contributed by atoms with van der Waals surface area (Å²) in [5.74, 6) is -0.234. The van der Waals surface area contributed by atoms with Crippen LogP contribution in [0.1, 0.15) is 27.7 Å². The lowest BCUT2D eigenvalue weighted by Gasteiger charge is -2.27. The standard InChI is InChI=1S/C13H17N3O4.C11H13N3O6/c1-7(2)10-8(3)11(18)13(6-14,20-10)16-5-4-9(17)15-12(16)19;1-5(15)8-7(17)9(18)11(4-12,20-8)14-3-2-6(16)13-10(14)19/h4-5,7-8,10-11,18H,1-3H3,(H,15,17,19);2-3,5,7-9,15,17-18H,1H3,(H,13,16,19)/t8-,10-,11+,13-;5-,7-,8-,9+,11-/m11/s1. The molecule has 2 aromatic rings. The maximum absolute atomic E-state index is 11.9. The first-order valence-electron chi connectivity index (χ1n) is 12.2. The molecule has 16 heteroatoms. The summed E-state index contributed by atoms with van der Waals surface area (Å²) in [6, 6.07) is 5.59. The average Bonchev–Trinajstić information content (AvgIpc) is 3.31. The Bertz CT molecular complexity index is 1430. The molecule has 2 aromatic heterocycles. The number of nitrogens with zero attached hydrogens (tertiary/aromatic N) is 4. The lowest BCUT2D eigenvalue weighted by molar-refractivity contribution is -0.124. The van der Waals surface area contributed by atoms with E-state index in [1.807, 2.05) is 24.9 Å². The molecule has 0 spiro atoms. The molecule has 2 aliphatic heterocycles. The minimum Gasteiger partial charge on any atom is -0.391 e. The van der Waals surface area contributed by atoms with Crippen LogP contribution in [-0.2, 0) is 20.9 Å². The molecule has 4 heterocycles. The SMILES string of the molecule is CC(C)[C@H]1O[C@@](C#N)(n2ccc(=O)[nH]c2=O)[C@@H](O)[C@@H]1C.C[C@@H](O)[C@H]1O[C@@](C#N)(n2ccc(=O)[nH]c2=O)[C@@H](O)[C@@H]1O. The minimum absolute atomic E-state index is 0.0772.